The Hall–Kier alpha value is -1.11. The number of hydrogen-bond acceptors (Lipinski definition) is 2. The quantitative estimate of drug-likeness (QED) is 0.602. The number of alkyl halides is 3. The molecule has 16 heavy (non-hydrogen) atoms. The maximum Gasteiger partial charge on any atom is 0.416 e. The van der Waals surface area contributed by atoms with Gasteiger partial charge in [-0.05, 0) is 24.1 Å². The average molecular weight is 256 g/mol. The monoisotopic (exact) mass is 256 g/mol. The number of halogens is 4. The second-order valence-corrected chi connectivity index (χ2v) is 4.70. The molecule has 0 atom stereocenters. The van der Waals surface area contributed by atoms with Crippen molar-refractivity contribution in [2.75, 3.05) is 0 Å². The summed E-state index contributed by atoms with van der Waals surface area (Å²) >= 11 is 0. The molecule has 1 aromatic carbocycles. The molecule has 0 heterocycles. The highest BCUT2D eigenvalue weighted by atomic mass is 32.3. The molecule has 0 aliphatic carbocycles. The summed E-state index contributed by atoms with van der Waals surface area (Å²) < 4.78 is 70.1. The van der Waals surface area contributed by atoms with Crippen LogP contribution in [0.2, 0.25) is 0 Å². The molecule has 0 fully saturated rings. The highest BCUT2D eigenvalue weighted by Gasteiger charge is 2.32. The van der Waals surface area contributed by atoms with Crippen molar-refractivity contribution >= 4 is 10.2 Å². The summed E-state index contributed by atoms with van der Waals surface area (Å²) in [4.78, 5) is 0. The van der Waals surface area contributed by atoms with Crippen molar-refractivity contribution in [1.29, 1.82) is 0 Å². The lowest BCUT2D eigenvalue weighted by Gasteiger charge is -2.11. The Balaban J connectivity index is 3.18. The minimum Gasteiger partial charge on any atom is -0.194 e. The largest absolute Gasteiger partial charge is 0.416 e. The Kier molecular flexibility index (Phi) is 3.27. The summed E-state index contributed by atoms with van der Waals surface area (Å²) in [6.07, 6.45) is -4.57. The second-order valence-electron chi connectivity index (χ2n) is 3.33. The van der Waals surface area contributed by atoms with Crippen LogP contribution in [0.3, 0.4) is 0 Å². The lowest BCUT2D eigenvalue weighted by atomic mass is 10.1. The van der Waals surface area contributed by atoms with Crippen LogP contribution in [-0.4, -0.2) is 8.42 Å². The van der Waals surface area contributed by atoms with Gasteiger partial charge in [0.05, 0.1) is 5.56 Å². The van der Waals surface area contributed by atoms with Gasteiger partial charge >= 0.3 is 16.4 Å². The third-order valence-electron chi connectivity index (χ3n) is 1.95. The van der Waals surface area contributed by atoms with Crippen molar-refractivity contribution in [1.82, 2.24) is 0 Å². The van der Waals surface area contributed by atoms with Crippen molar-refractivity contribution < 1.29 is 25.5 Å². The van der Waals surface area contributed by atoms with Gasteiger partial charge in [0.25, 0.3) is 0 Å². The van der Waals surface area contributed by atoms with Crippen LogP contribution in [-0.2, 0) is 22.2 Å². The van der Waals surface area contributed by atoms with Gasteiger partial charge < -0.3 is 0 Å². The molecular weight excluding hydrogens is 248 g/mol. The molecule has 0 amide bonds. The van der Waals surface area contributed by atoms with Gasteiger partial charge in [-0.2, -0.15) is 21.6 Å². The molecule has 0 unspecified atom stereocenters. The maximum atomic E-state index is 12.4. The molecule has 0 saturated carbocycles. The van der Waals surface area contributed by atoms with Crippen LogP contribution in [0.5, 0.6) is 0 Å². The van der Waals surface area contributed by atoms with Crippen LogP contribution < -0.4 is 0 Å². The predicted octanol–water partition coefficient (Wildman–Crippen LogP) is 2.81. The fourth-order valence-electron chi connectivity index (χ4n) is 1.26. The van der Waals surface area contributed by atoms with Gasteiger partial charge in [0.1, 0.15) is 5.75 Å². The van der Waals surface area contributed by atoms with Gasteiger partial charge in [-0.1, -0.05) is 12.1 Å². The lowest BCUT2D eigenvalue weighted by molar-refractivity contribution is -0.138. The molecule has 0 saturated heterocycles. The maximum absolute atomic E-state index is 12.4. The number of hydrogen-bond donors (Lipinski definition) is 0. The van der Waals surface area contributed by atoms with E-state index in [2.05, 4.69) is 0 Å². The number of benzene rings is 1. The summed E-state index contributed by atoms with van der Waals surface area (Å²) in [6.45, 7) is 1.25. The van der Waals surface area contributed by atoms with E-state index in [0.29, 0.717) is 6.07 Å². The fraction of sp³-hybridized carbons (Fsp3) is 0.333. The zero-order chi connectivity index (χ0) is 12.6. The minimum atomic E-state index is -4.82. The molecule has 1 aromatic rings. The SMILES string of the molecule is Cc1ccc(CS(=O)(=O)F)cc1C(F)(F)F. The van der Waals surface area contributed by atoms with E-state index in [1.54, 1.807) is 0 Å². The highest BCUT2D eigenvalue weighted by Crippen LogP contribution is 2.32. The average Bonchev–Trinajstić information content (AvgIpc) is 2.04. The summed E-state index contributed by atoms with van der Waals surface area (Å²) in [5.41, 5.74) is -1.21. The van der Waals surface area contributed by atoms with Crippen LogP contribution in [0.4, 0.5) is 17.1 Å². The van der Waals surface area contributed by atoms with Gasteiger partial charge in [-0.15, -0.1) is 3.89 Å². The standard InChI is InChI=1S/C9H8F4O2S/c1-6-2-3-7(5-16(13,14)15)4-8(6)9(10,11)12/h2-4H,5H2,1H3. The van der Waals surface area contributed by atoms with E-state index in [4.69, 9.17) is 0 Å². The first kappa shape index (κ1) is 13.0. The minimum absolute atomic E-state index is 0.0347. The first-order valence-electron chi connectivity index (χ1n) is 4.18. The zero-order valence-corrected chi connectivity index (χ0v) is 8.99. The van der Waals surface area contributed by atoms with E-state index in [-0.39, 0.29) is 11.1 Å². The molecule has 0 bridgehead atoms. The molecule has 2 nitrogen and oxygen atoms in total. The third kappa shape index (κ3) is 3.48. The molecule has 0 aliphatic heterocycles. The summed E-state index contributed by atoms with van der Waals surface area (Å²) in [6, 6.07) is 2.91. The molecular formula is C9H8F4O2S. The van der Waals surface area contributed by atoms with E-state index in [9.17, 15) is 25.5 Å². The van der Waals surface area contributed by atoms with Crippen LogP contribution in [0.1, 0.15) is 16.7 Å². The van der Waals surface area contributed by atoms with Crippen LogP contribution in [0.25, 0.3) is 0 Å². The van der Waals surface area contributed by atoms with E-state index in [0.717, 1.165) is 12.1 Å². The van der Waals surface area contributed by atoms with Crippen molar-refractivity contribution in [2.24, 2.45) is 0 Å². The van der Waals surface area contributed by atoms with Gasteiger partial charge in [0, 0.05) is 0 Å². The molecule has 0 aliphatic rings. The van der Waals surface area contributed by atoms with Gasteiger partial charge in [-0.3, -0.25) is 0 Å². The van der Waals surface area contributed by atoms with E-state index in [1.807, 2.05) is 0 Å². The highest BCUT2D eigenvalue weighted by molar-refractivity contribution is 7.85. The van der Waals surface area contributed by atoms with Crippen LogP contribution in [0, 0.1) is 6.92 Å². The Morgan fingerprint density at radius 2 is 1.81 bits per heavy atom. The number of aryl methyl sites for hydroxylation is 1. The Bertz CT molecular complexity index is 491. The molecule has 7 heteroatoms. The summed E-state index contributed by atoms with van der Waals surface area (Å²) in [5, 5.41) is 0. The fourth-order valence-corrected chi connectivity index (χ4v) is 1.84. The Morgan fingerprint density at radius 1 is 1.25 bits per heavy atom. The second kappa shape index (κ2) is 4.04. The van der Waals surface area contributed by atoms with Crippen molar-refractivity contribution in [3.8, 4) is 0 Å². The Morgan fingerprint density at radius 3 is 2.25 bits per heavy atom. The molecule has 1 rings (SSSR count). The molecule has 0 N–H and O–H groups in total. The topological polar surface area (TPSA) is 34.1 Å². The van der Waals surface area contributed by atoms with Gasteiger partial charge in [0.2, 0.25) is 0 Å². The van der Waals surface area contributed by atoms with Gasteiger partial charge in [0.15, 0.2) is 0 Å². The zero-order valence-electron chi connectivity index (χ0n) is 8.18. The Labute approximate surface area is 90.1 Å². The van der Waals surface area contributed by atoms with Crippen LogP contribution in [0.15, 0.2) is 18.2 Å². The van der Waals surface area contributed by atoms with Crippen molar-refractivity contribution in [3.63, 3.8) is 0 Å². The lowest BCUT2D eigenvalue weighted by Crippen LogP contribution is -2.09. The van der Waals surface area contributed by atoms with Crippen LogP contribution >= 0.6 is 0 Å². The first-order chi connectivity index (χ1) is 7.09. The van der Waals surface area contributed by atoms with Crippen molar-refractivity contribution in [2.45, 2.75) is 18.9 Å². The molecule has 90 valence electrons. The predicted molar refractivity (Wildman–Crippen MR) is 49.9 cm³/mol. The summed E-state index contributed by atoms with van der Waals surface area (Å²) in [5.74, 6) is -1.05. The third-order valence-corrected chi connectivity index (χ3v) is 2.62. The van der Waals surface area contributed by atoms with E-state index in [1.165, 1.54) is 6.92 Å². The van der Waals surface area contributed by atoms with E-state index < -0.39 is 27.7 Å². The summed E-state index contributed by atoms with van der Waals surface area (Å²) in [7, 11) is -4.82. The molecule has 0 spiro atoms. The number of rotatable bonds is 2. The molecule has 0 aromatic heterocycles. The van der Waals surface area contributed by atoms with Gasteiger partial charge in [-0.25, -0.2) is 0 Å². The van der Waals surface area contributed by atoms with Crippen molar-refractivity contribution in [3.05, 3.63) is 34.9 Å². The smallest absolute Gasteiger partial charge is 0.194 e. The van der Waals surface area contributed by atoms with E-state index >= 15 is 0 Å². The normalized spacial score (nSPS) is 12.8. The first-order valence-corrected chi connectivity index (χ1v) is 5.74. The molecule has 0 radical (unpaired) electrons.